The van der Waals surface area contributed by atoms with Crippen molar-refractivity contribution in [3.8, 4) is 11.8 Å². The van der Waals surface area contributed by atoms with Crippen molar-refractivity contribution in [3.05, 3.63) is 66.2 Å². The zero-order valence-electron chi connectivity index (χ0n) is 10.7. The highest BCUT2D eigenvalue weighted by Gasteiger charge is 2.09. The molecule has 0 amide bonds. The minimum Gasteiger partial charge on any atom is -0.487 e. The van der Waals surface area contributed by atoms with Gasteiger partial charge in [0.1, 0.15) is 24.8 Å². The number of nitriles is 1. The van der Waals surface area contributed by atoms with Gasteiger partial charge < -0.3 is 4.74 Å². The third-order valence-electron chi connectivity index (χ3n) is 3.00. The summed E-state index contributed by atoms with van der Waals surface area (Å²) in [5.74, 6) is 0.606. The van der Waals surface area contributed by atoms with Gasteiger partial charge in [-0.15, -0.1) is 0 Å². The average molecular weight is 261 g/mol. The minimum absolute atomic E-state index is 0.337. The van der Waals surface area contributed by atoms with Gasteiger partial charge in [0.05, 0.1) is 5.56 Å². The van der Waals surface area contributed by atoms with E-state index in [2.05, 4.69) is 16.0 Å². The molecule has 0 bridgehead atoms. The summed E-state index contributed by atoms with van der Waals surface area (Å²) in [6, 6.07) is 13.7. The van der Waals surface area contributed by atoms with Crippen molar-refractivity contribution in [2.75, 3.05) is 0 Å². The number of benzene rings is 2. The van der Waals surface area contributed by atoms with Crippen LogP contribution in [0.1, 0.15) is 11.1 Å². The Hall–Kier alpha value is -2.93. The van der Waals surface area contributed by atoms with Gasteiger partial charge in [0, 0.05) is 23.3 Å². The summed E-state index contributed by atoms with van der Waals surface area (Å²) in [6.07, 6.45) is 4.87. The molecule has 4 nitrogen and oxygen atoms in total. The van der Waals surface area contributed by atoms with Gasteiger partial charge in [0.15, 0.2) is 0 Å². The molecule has 0 fully saturated rings. The van der Waals surface area contributed by atoms with E-state index < -0.39 is 0 Å². The molecule has 3 aromatic rings. The van der Waals surface area contributed by atoms with E-state index in [9.17, 15) is 5.26 Å². The maximum atomic E-state index is 9.22. The number of hydrogen-bond acceptors (Lipinski definition) is 4. The zero-order valence-corrected chi connectivity index (χ0v) is 10.7. The van der Waals surface area contributed by atoms with Gasteiger partial charge in [-0.3, -0.25) is 0 Å². The van der Waals surface area contributed by atoms with E-state index in [4.69, 9.17) is 4.74 Å². The zero-order chi connectivity index (χ0) is 13.8. The molecule has 0 aliphatic heterocycles. The summed E-state index contributed by atoms with van der Waals surface area (Å²) in [4.78, 5) is 7.89. The monoisotopic (exact) mass is 261 g/mol. The molecule has 0 N–H and O–H groups in total. The van der Waals surface area contributed by atoms with Crippen LogP contribution in [0.2, 0.25) is 0 Å². The highest BCUT2D eigenvalue weighted by molar-refractivity contribution is 5.90. The second kappa shape index (κ2) is 5.37. The van der Waals surface area contributed by atoms with Gasteiger partial charge in [-0.1, -0.05) is 30.3 Å². The second-order valence-electron chi connectivity index (χ2n) is 4.31. The molecule has 0 saturated heterocycles. The van der Waals surface area contributed by atoms with E-state index in [1.54, 1.807) is 18.5 Å². The Balaban J connectivity index is 1.99. The van der Waals surface area contributed by atoms with Gasteiger partial charge >= 0.3 is 0 Å². The predicted octanol–water partition coefficient (Wildman–Crippen LogP) is 3.08. The molecule has 0 unspecified atom stereocenters. The standard InChI is InChI=1S/C16H11N3O/c17-7-14-6-5-13-3-1-2-4-15(13)16(14)20-10-12-8-18-11-19-9-12/h1-6,8-9,11H,10H2. The quantitative estimate of drug-likeness (QED) is 0.727. The topological polar surface area (TPSA) is 58.8 Å². The second-order valence-corrected chi connectivity index (χ2v) is 4.31. The number of ether oxygens (including phenoxy) is 1. The number of aromatic nitrogens is 2. The molecule has 0 aliphatic rings. The van der Waals surface area contributed by atoms with Crippen LogP contribution in [-0.4, -0.2) is 9.97 Å². The summed E-state index contributed by atoms with van der Waals surface area (Å²) in [6.45, 7) is 0.337. The molecule has 0 saturated carbocycles. The largest absolute Gasteiger partial charge is 0.487 e. The van der Waals surface area contributed by atoms with Gasteiger partial charge in [-0.2, -0.15) is 5.26 Å². The Kier molecular flexibility index (Phi) is 3.25. The van der Waals surface area contributed by atoms with Crippen LogP contribution in [0.15, 0.2) is 55.1 Å². The van der Waals surface area contributed by atoms with Crippen LogP contribution >= 0.6 is 0 Å². The lowest BCUT2D eigenvalue weighted by Gasteiger charge is -2.10. The first-order valence-corrected chi connectivity index (χ1v) is 6.17. The smallest absolute Gasteiger partial charge is 0.145 e. The van der Waals surface area contributed by atoms with Crippen LogP contribution in [0, 0.1) is 11.3 Å². The highest BCUT2D eigenvalue weighted by Crippen LogP contribution is 2.30. The summed E-state index contributed by atoms with van der Waals surface area (Å²) < 4.78 is 5.82. The Morgan fingerprint density at radius 1 is 1.05 bits per heavy atom. The number of rotatable bonds is 3. The average Bonchev–Trinajstić information content (AvgIpc) is 2.53. The van der Waals surface area contributed by atoms with Crippen molar-refractivity contribution in [1.82, 2.24) is 9.97 Å². The van der Waals surface area contributed by atoms with E-state index in [1.165, 1.54) is 6.33 Å². The van der Waals surface area contributed by atoms with Crippen molar-refractivity contribution < 1.29 is 4.74 Å². The van der Waals surface area contributed by atoms with Crippen LogP contribution in [0.3, 0.4) is 0 Å². The molecule has 0 spiro atoms. The van der Waals surface area contributed by atoms with Crippen molar-refractivity contribution in [2.45, 2.75) is 6.61 Å². The van der Waals surface area contributed by atoms with Crippen LogP contribution in [0.25, 0.3) is 10.8 Å². The first kappa shape index (κ1) is 12.1. The summed E-state index contributed by atoms with van der Waals surface area (Å²) in [7, 11) is 0. The number of fused-ring (bicyclic) bond motifs is 1. The van der Waals surface area contributed by atoms with Gasteiger partial charge in [0.2, 0.25) is 0 Å². The molecule has 1 aromatic heterocycles. The van der Waals surface area contributed by atoms with Crippen molar-refractivity contribution in [2.24, 2.45) is 0 Å². The lowest BCUT2D eigenvalue weighted by Crippen LogP contribution is -1.99. The Morgan fingerprint density at radius 2 is 1.85 bits per heavy atom. The van der Waals surface area contributed by atoms with Crippen LogP contribution in [0.5, 0.6) is 5.75 Å². The van der Waals surface area contributed by atoms with Crippen LogP contribution < -0.4 is 4.74 Å². The molecular formula is C16H11N3O. The SMILES string of the molecule is N#Cc1ccc2ccccc2c1OCc1cncnc1. The molecule has 0 atom stereocenters. The molecule has 4 heteroatoms. The summed E-state index contributed by atoms with van der Waals surface area (Å²) in [5, 5.41) is 11.2. The lowest BCUT2D eigenvalue weighted by atomic mass is 10.1. The number of hydrogen-bond donors (Lipinski definition) is 0. The van der Waals surface area contributed by atoms with E-state index in [-0.39, 0.29) is 0 Å². The van der Waals surface area contributed by atoms with E-state index in [0.29, 0.717) is 17.9 Å². The Labute approximate surface area is 116 Å². The first-order chi connectivity index (χ1) is 9.88. The molecule has 0 radical (unpaired) electrons. The summed E-state index contributed by atoms with van der Waals surface area (Å²) >= 11 is 0. The van der Waals surface area contributed by atoms with Gasteiger partial charge in [0.25, 0.3) is 0 Å². The van der Waals surface area contributed by atoms with Crippen molar-refractivity contribution in [3.63, 3.8) is 0 Å². The van der Waals surface area contributed by atoms with Crippen LogP contribution in [-0.2, 0) is 6.61 Å². The molecule has 96 valence electrons. The molecular weight excluding hydrogens is 250 g/mol. The van der Waals surface area contributed by atoms with Crippen molar-refractivity contribution in [1.29, 1.82) is 5.26 Å². The first-order valence-electron chi connectivity index (χ1n) is 6.17. The lowest BCUT2D eigenvalue weighted by molar-refractivity contribution is 0.308. The molecule has 20 heavy (non-hydrogen) atoms. The van der Waals surface area contributed by atoms with Gasteiger partial charge in [-0.25, -0.2) is 9.97 Å². The molecule has 0 aliphatic carbocycles. The minimum atomic E-state index is 0.337. The fourth-order valence-corrected chi connectivity index (χ4v) is 2.05. The molecule has 2 aromatic carbocycles. The Bertz CT molecular complexity index is 779. The predicted molar refractivity (Wildman–Crippen MR) is 75.0 cm³/mol. The third-order valence-corrected chi connectivity index (χ3v) is 3.00. The fourth-order valence-electron chi connectivity index (χ4n) is 2.05. The fraction of sp³-hybridized carbons (Fsp3) is 0.0625. The Morgan fingerprint density at radius 3 is 2.65 bits per heavy atom. The number of nitrogens with zero attached hydrogens (tertiary/aromatic N) is 3. The van der Waals surface area contributed by atoms with E-state index >= 15 is 0 Å². The van der Waals surface area contributed by atoms with E-state index in [0.717, 1.165) is 16.3 Å². The molecule has 1 heterocycles. The maximum Gasteiger partial charge on any atom is 0.145 e. The van der Waals surface area contributed by atoms with E-state index in [1.807, 2.05) is 30.3 Å². The van der Waals surface area contributed by atoms with Crippen molar-refractivity contribution >= 4 is 10.8 Å². The summed E-state index contributed by atoms with van der Waals surface area (Å²) in [5.41, 5.74) is 1.39. The highest BCUT2D eigenvalue weighted by atomic mass is 16.5. The normalized spacial score (nSPS) is 10.2. The third kappa shape index (κ3) is 2.29. The molecule has 3 rings (SSSR count). The van der Waals surface area contributed by atoms with Gasteiger partial charge in [-0.05, 0) is 11.5 Å². The van der Waals surface area contributed by atoms with Crippen LogP contribution in [0.4, 0.5) is 0 Å². The maximum absolute atomic E-state index is 9.22.